The molecule has 6 nitrogen and oxygen atoms in total. The molecule has 0 aliphatic heterocycles. The molecular formula is C13H17ClF2N2O4. The molecule has 1 aromatic carbocycles. The zero-order valence-electron chi connectivity index (χ0n) is 11.8. The highest BCUT2D eigenvalue weighted by Gasteiger charge is 2.15. The molecule has 124 valence electrons. The van der Waals surface area contributed by atoms with E-state index in [0.717, 1.165) is 6.07 Å². The number of carbonyl (C=O) groups is 2. The van der Waals surface area contributed by atoms with Gasteiger partial charge < -0.3 is 20.5 Å². The highest BCUT2D eigenvalue weighted by Crippen LogP contribution is 2.28. The molecule has 1 amide bonds. The van der Waals surface area contributed by atoms with Gasteiger partial charge in [0.2, 0.25) is 5.91 Å². The number of alkyl halides is 2. The maximum absolute atomic E-state index is 12.4. The normalized spacial score (nSPS) is 9.86. The summed E-state index contributed by atoms with van der Waals surface area (Å²) in [6.07, 6.45) is 0.625. The Kier molecular flexibility index (Phi) is 9.04. The van der Waals surface area contributed by atoms with Gasteiger partial charge in [-0.15, -0.1) is 12.4 Å². The van der Waals surface area contributed by atoms with Crippen molar-refractivity contribution in [3.05, 3.63) is 23.8 Å². The van der Waals surface area contributed by atoms with E-state index in [4.69, 9.17) is 5.73 Å². The van der Waals surface area contributed by atoms with Crippen LogP contribution in [0.3, 0.4) is 0 Å². The summed E-state index contributed by atoms with van der Waals surface area (Å²) in [4.78, 5) is 22.9. The molecule has 0 radical (unpaired) electrons. The van der Waals surface area contributed by atoms with Gasteiger partial charge in [-0.3, -0.25) is 4.79 Å². The van der Waals surface area contributed by atoms with E-state index in [9.17, 15) is 18.4 Å². The third kappa shape index (κ3) is 6.23. The molecule has 0 heterocycles. The van der Waals surface area contributed by atoms with Crippen LogP contribution < -0.4 is 15.8 Å². The van der Waals surface area contributed by atoms with Crippen molar-refractivity contribution in [2.75, 3.05) is 19.0 Å². The summed E-state index contributed by atoms with van der Waals surface area (Å²) < 4.78 is 33.6. The largest absolute Gasteiger partial charge is 0.465 e. The van der Waals surface area contributed by atoms with Crippen molar-refractivity contribution < 1.29 is 27.8 Å². The molecule has 0 aliphatic rings. The van der Waals surface area contributed by atoms with Crippen molar-refractivity contribution in [3.63, 3.8) is 0 Å². The number of esters is 1. The molecule has 22 heavy (non-hydrogen) atoms. The molecule has 0 saturated heterocycles. The molecule has 9 heteroatoms. The molecule has 1 aromatic rings. The van der Waals surface area contributed by atoms with Crippen LogP contribution in [-0.4, -0.2) is 32.1 Å². The summed E-state index contributed by atoms with van der Waals surface area (Å²) in [6, 6.07) is 3.71. The van der Waals surface area contributed by atoms with Gasteiger partial charge in [0.15, 0.2) is 0 Å². The number of halogens is 3. The van der Waals surface area contributed by atoms with Gasteiger partial charge in [0.1, 0.15) is 5.75 Å². The summed E-state index contributed by atoms with van der Waals surface area (Å²) in [6.45, 7) is -2.74. The van der Waals surface area contributed by atoms with Gasteiger partial charge in [-0.05, 0) is 31.2 Å². The lowest BCUT2D eigenvalue weighted by atomic mass is 10.2. The van der Waals surface area contributed by atoms with E-state index in [1.807, 2.05) is 0 Å². The smallest absolute Gasteiger partial charge is 0.387 e. The number of anilines is 1. The van der Waals surface area contributed by atoms with Gasteiger partial charge >= 0.3 is 12.6 Å². The average molecular weight is 339 g/mol. The Morgan fingerprint density at radius 3 is 2.59 bits per heavy atom. The first kappa shape index (κ1) is 20.1. The predicted octanol–water partition coefficient (Wildman–Crippen LogP) is 2.17. The molecule has 0 aromatic heterocycles. The molecule has 3 N–H and O–H groups in total. The van der Waals surface area contributed by atoms with Crippen molar-refractivity contribution in [2.45, 2.75) is 19.5 Å². The van der Waals surface area contributed by atoms with Crippen molar-refractivity contribution >= 4 is 30.0 Å². The van der Waals surface area contributed by atoms with E-state index in [0.29, 0.717) is 13.0 Å². The molecule has 0 fully saturated rings. The van der Waals surface area contributed by atoms with Gasteiger partial charge in [0.25, 0.3) is 0 Å². The summed E-state index contributed by atoms with van der Waals surface area (Å²) >= 11 is 0. The first-order valence-corrected chi connectivity index (χ1v) is 6.15. The number of nitrogens with two attached hydrogens (primary N) is 1. The Morgan fingerprint density at radius 1 is 1.36 bits per heavy atom. The van der Waals surface area contributed by atoms with Crippen molar-refractivity contribution in [3.8, 4) is 5.75 Å². The molecule has 0 bridgehead atoms. The van der Waals surface area contributed by atoms with E-state index in [1.54, 1.807) is 0 Å². The quantitative estimate of drug-likeness (QED) is 0.744. The Morgan fingerprint density at radius 2 is 2.05 bits per heavy atom. The number of hydrogen-bond acceptors (Lipinski definition) is 5. The SMILES string of the molecule is COC(=O)c1ccc(NC(=O)CCCN)c(OC(F)F)c1.Cl. The monoisotopic (exact) mass is 338 g/mol. The Labute approximate surface area is 132 Å². The second-order valence-electron chi connectivity index (χ2n) is 4.02. The highest BCUT2D eigenvalue weighted by molar-refractivity contribution is 5.95. The number of nitrogens with one attached hydrogen (secondary N) is 1. The molecule has 0 saturated carbocycles. The van der Waals surface area contributed by atoms with Gasteiger partial charge in [-0.25, -0.2) is 4.79 Å². The van der Waals surface area contributed by atoms with E-state index < -0.39 is 12.6 Å². The highest BCUT2D eigenvalue weighted by atomic mass is 35.5. The van der Waals surface area contributed by atoms with Crippen LogP contribution in [0.15, 0.2) is 18.2 Å². The summed E-state index contributed by atoms with van der Waals surface area (Å²) in [7, 11) is 1.17. The van der Waals surface area contributed by atoms with Crippen LogP contribution in [0, 0.1) is 0 Å². The van der Waals surface area contributed by atoms with Crippen LogP contribution in [0.4, 0.5) is 14.5 Å². The van der Waals surface area contributed by atoms with E-state index in [-0.39, 0.29) is 41.7 Å². The second kappa shape index (κ2) is 9.91. The molecule has 0 spiro atoms. The number of methoxy groups -OCH3 is 1. The van der Waals surface area contributed by atoms with Crippen LogP contribution in [-0.2, 0) is 9.53 Å². The van der Waals surface area contributed by atoms with Crippen LogP contribution in [0.5, 0.6) is 5.75 Å². The minimum Gasteiger partial charge on any atom is -0.465 e. The third-order valence-electron chi connectivity index (χ3n) is 2.50. The van der Waals surface area contributed by atoms with Gasteiger partial charge in [-0.2, -0.15) is 8.78 Å². The van der Waals surface area contributed by atoms with Crippen LogP contribution >= 0.6 is 12.4 Å². The summed E-state index contributed by atoms with van der Waals surface area (Å²) in [5, 5.41) is 2.43. The summed E-state index contributed by atoms with van der Waals surface area (Å²) in [5.74, 6) is -1.39. The van der Waals surface area contributed by atoms with Crippen LogP contribution in [0.2, 0.25) is 0 Å². The standard InChI is InChI=1S/C13H16F2N2O4.ClH/c1-20-12(19)8-4-5-9(10(7-8)21-13(14)15)17-11(18)3-2-6-16;/h4-5,7,13H,2-3,6,16H2,1H3,(H,17,18);1H. The van der Waals surface area contributed by atoms with Crippen LogP contribution in [0.25, 0.3) is 0 Å². The first-order chi connectivity index (χ1) is 9.97. The molecule has 0 atom stereocenters. The van der Waals surface area contributed by atoms with Crippen molar-refractivity contribution in [1.82, 2.24) is 0 Å². The fraction of sp³-hybridized carbons (Fsp3) is 0.385. The molecular weight excluding hydrogens is 322 g/mol. The number of ether oxygens (including phenoxy) is 2. The fourth-order valence-electron chi connectivity index (χ4n) is 1.54. The predicted molar refractivity (Wildman–Crippen MR) is 78.6 cm³/mol. The van der Waals surface area contributed by atoms with Crippen LogP contribution in [0.1, 0.15) is 23.2 Å². The minimum atomic E-state index is -3.09. The lowest BCUT2D eigenvalue weighted by molar-refractivity contribution is -0.116. The molecule has 1 rings (SSSR count). The number of amides is 1. The second-order valence-corrected chi connectivity index (χ2v) is 4.02. The van der Waals surface area contributed by atoms with Crippen molar-refractivity contribution in [1.29, 1.82) is 0 Å². The maximum atomic E-state index is 12.4. The first-order valence-electron chi connectivity index (χ1n) is 6.15. The maximum Gasteiger partial charge on any atom is 0.387 e. The molecule has 0 aliphatic carbocycles. The lowest BCUT2D eigenvalue weighted by Gasteiger charge is -2.13. The van der Waals surface area contributed by atoms with Gasteiger partial charge in [0.05, 0.1) is 18.4 Å². The van der Waals surface area contributed by atoms with Gasteiger partial charge in [-0.1, -0.05) is 0 Å². The molecule has 0 unspecified atom stereocenters. The zero-order valence-corrected chi connectivity index (χ0v) is 12.6. The summed E-state index contributed by atoms with van der Waals surface area (Å²) in [5.41, 5.74) is 5.36. The topological polar surface area (TPSA) is 90.7 Å². The Bertz CT molecular complexity index is 515. The number of hydrogen-bond donors (Lipinski definition) is 2. The number of rotatable bonds is 7. The number of carbonyl (C=O) groups excluding carboxylic acids is 2. The minimum absolute atomic E-state index is 0. The van der Waals surface area contributed by atoms with E-state index >= 15 is 0 Å². The van der Waals surface area contributed by atoms with E-state index in [2.05, 4.69) is 14.8 Å². The zero-order chi connectivity index (χ0) is 15.8. The Hall–Kier alpha value is -1.93. The van der Waals surface area contributed by atoms with Gasteiger partial charge in [0, 0.05) is 6.42 Å². The third-order valence-corrected chi connectivity index (χ3v) is 2.50. The fourth-order valence-corrected chi connectivity index (χ4v) is 1.54. The van der Waals surface area contributed by atoms with E-state index in [1.165, 1.54) is 19.2 Å². The Balaban J connectivity index is 0.00000441. The van der Waals surface area contributed by atoms with Crippen molar-refractivity contribution in [2.24, 2.45) is 5.73 Å². The number of benzene rings is 1. The average Bonchev–Trinajstić information content (AvgIpc) is 2.45. The lowest BCUT2D eigenvalue weighted by Crippen LogP contribution is -2.15.